The normalized spacial score (nSPS) is 12.2. The van der Waals surface area contributed by atoms with Crippen LogP contribution in [-0.4, -0.2) is 0 Å². The maximum atomic E-state index is 5.89. The quantitative estimate of drug-likeness (QED) is 0.814. The highest BCUT2D eigenvalue weighted by Crippen LogP contribution is 2.29. The standard InChI is InChI=1S/C17H20BrNO/c1-3-4-13-5-7-14(8-6-13)20-15-9-10-16(12(2)19)17(18)11-15/h5-12H,3-4,19H2,1-2H3/t12-/m1/s1. The Balaban J connectivity index is 2.11. The van der Waals surface area contributed by atoms with E-state index in [2.05, 4.69) is 35.0 Å². The predicted octanol–water partition coefficient (Wildman–Crippen LogP) is 5.21. The third-order valence-electron chi connectivity index (χ3n) is 3.16. The molecule has 0 aliphatic heterocycles. The Bertz CT molecular complexity index is 564. The van der Waals surface area contributed by atoms with Gasteiger partial charge in [0.15, 0.2) is 0 Å². The number of hydrogen-bond donors (Lipinski definition) is 1. The SMILES string of the molecule is CCCc1ccc(Oc2ccc([C@@H](C)N)c(Br)c2)cc1. The molecule has 2 nitrogen and oxygen atoms in total. The van der Waals surface area contributed by atoms with Crippen molar-refractivity contribution in [2.24, 2.45) is 5.73 Å². The highest BCUT2D eigenvalue weighted by Gasteiger charge is 2.06. The van der Waals surface area contributed by atoms with Crippen molar-refractivity contribution in [1.82, 2.24) is 0 Å². The monoisotopic (exact) mass is 333 g/mol. The van der Waals surface area contributed by atoms with Gasteiger partial charge in [0.2, 0.25) is 0 Å². The van der Waals surface area contributed by atoms with Crippen molar-refractivity contribution in [1.29, 1.82) is 0 Å². The smallest absolute Gasteiger partial charge is 0.128 e. The fourth-order valence-electron chi connectivity index (χ4n) is 2.09. The lowest BCUT2D eigenvalue weighted by molar-refractivity contribution is 0.481. The fraction of sp³-hybridized carbons (Fsp3) is 0.294. The molecule has 0 aromatic heterocycles. The van der Waals surface area contributed by atoms with Crippen LogP contribution in [0.15, 0.2) is 46.9 Å². The van der Waals surface area contributed by atoms with Gasteiger partial charge < -0.3 is 10.5 Å². The third kappa shape index (κ3) is 3.84. The van der Waals surface area contributed by atoms with Crippen LogP contribution < -0.4 is 10.5 Å². The molecular weight excluding hydrogens is 314 g/mol. The van der Waals surface area contributed by atoms with Crippen molar-refractivity contribution in [2.75, 3.05) is 0 Å². The second kappa shape index (κ2) is 6.91. The van der Waals surface area contributed by atoms with Crippen molar-refractivity contribution >= 4 is 15.9 Å². The summed E-state index contributed by atoms with van der Waals surface area (Å²) in [5.74, 6) is 1.66. The molecule has 0 aliphatic rings. The molecule has 3 heteroatoms. The Morgan fingerprint density at radius 3 is 2.30 bits per heavy atom. The lowest BCUT2D eigenvalue weighted by Gasteiger charge is -2.11. The Morgan fingerprint density at radius 1 is 1.10 bits per heavy atom. The number of rotatable bonds is 5. The average Bonchev–Trinajstić information content (AvgIpc) is 2.41. The minimum absolute atomic E-state index is 0.00625. The molecule has 2 rings (SSSR count). The van der Waals surface area contributed by atoms with E-state index < -0.39 is 0 Å². The Kier molecular flexibility index (Phi) is 5.21. The second-order valence-electron chi connectivity index (χ2n) is 4.97. The van der Waals surface area contributed by atoms with E-state index in [4.69, 9.17) is 10.5 Å². The molecular formula is C17H20BrNO. The van der Waals surface area contributed by atoms with E-state index in [1.807, 2.05) is 37.3 Å². The van der Waals surface area contributed by atoms with Gasteiger partial charge in [-0.3, -0.25) is 0 Å². The molecule has 0 unspecified atom stereocenters. The van der Waals surface area contributed by atoms with Crippen molar-refractivity contribution in [3.05, 3.63) is 58.1 Å². The highest BCUT2D eigenvalue weighted by atomic mass is 79.9. The van der Waals surface area contributed by atoms with Gasteiger partial charge in [0.1, 0.15) is 11.5 Å². The van der Waals surface area contributed by atoms with Crippen molar-refractivity contribution in [3.63, 3.8) is 0 Å². The Labute approximate surface area is 129 Å². The van der Waals surface area contributed by atoms with E-state index in [0.29, 0.717) is 0 Å². The largest absolute Gasteiger partial charge is 0.457 e. The summed E-state index contributed by atoms with van der Waals surface area (Å²) in [7, 11) is 0. The van der Waals surface area contributed by atoms with E-state index in [1.54, 1.807) is 0 Å². The van der Waals surface area contributed by atoms with Crippen LogP contribution in [0.3, 0.4) is 0 Å². The first-order chi connectivity index (χ1) is 9.60. The topological polar surface area (TPSA) is 35.2 Å². The van der Waals surface area contributed by atoms with Gasteiger partial charge in [0.25, 0.3) is 0 Å². The van der Waals surface area contributed by atoms with E-state index in [1.165, 1.54) is 5.56 Å². The number of aryl methyl sites for hydroxylation is 1. The zero-order chi connectivity index (χ0) is 14.5. The molecule has 0 bridgehead atoms. The van der Waals surface area contributed by atoms with Crippen molar-refractivity contribution in [2.45, 2.75) is 32.7 Å². The molecule has 0 amide bonds. The van der Waals surface area contributed by atoms with Crippen LogP contribution in [0.5, 0.6) is 11.5 Å². The maximum Gasteiger partial charge on any atom is 0.128 e. The molecule has 2 aromatic rings. The first kappa shape index (κ1) is 15.1. The summed E-state index contributed by atoms with van der Waals surface area (Å²) < 4.78 is 6.84. The second-order valence-corrected chi connectivity index (χ2v) is 5.82. The maximum absolute atomic E-state index is 5.89. The first-order valence-corrected chi connectivity index (χ1v) is 7.71. The third-order valence-corrected chi connectivity index (χ3v) is 3.85. The summed E-state index contributed by atoms with van der Waals surface area (Å²) in [5, 5.41) is 0. The van der Waals surface area contributed by atoms with Gasteiger partial charge in [-0.05, 0) is 48.7 Å². The molecule has 2 aromatic carbocycles. The fourth-order valence-corrected chi connectivity index (χ4v) is 2.81. The van der Waals surface area contributed by atoms with Gasteiger partial charge in [-0.25, -0.2) is 0 Å². The number of nitrogens with two attached hydrogens (primary N) is 1. The molecule has 0 fully saturated rings. The summed E-state index contributed by atoms with van der Waals surface area (Å²) in [6.45, 7) is 4.15. The lowest BCUT2D eigenvalue weighted by atomic mass is 10.1. The predicted molar refractivity (Wildman–Crippen MR) is 87.3 cm³/mol. The van der Waals surface area contributed by atoms with E-state index in [-0.39, 0.29) is 6.04 Å². The Hall–Kier alpha value is -1.32. The molecule has 2 N–H and O–H groups in total. The molecule has 0 heterocycles. The van der Waals surface area contributed by atoms with Crippen molar-refractivity contribution in [3.8, 4) is 11.5 Å². The van der Waals surface area contributed by atoms with Crippen LogP contribution in [0.2, 0.25) is 0 Å². The van der Waals surface area contributed by atoms with Crippen LogP contribution in [0.4, 0.5) is 0 Å². The van der Waals surface area contributed by atoms with E-state index in [0.717, 1.165) is 34.4 Å². The number of hydrogen-bond acceptors (Lipinski definition) is 2. The molecule has 0 spiro atoms. The summed E-state index contributed by atoms with van der Waals surface area (Å²) in [5.41, 5.74) is 8.31. The lowest BCUT2D eigenvalue weighted by Crippen LogP contribution is -2.05. The van der Waals surface area contributed by atoms with E-state index >= 15 is 0 Å². The molecule has 0 saturated heterocycles. The van der Waals surface area contributed by atoms with Gasteiger partial charge in [-0.1, -0.05) is 47.5 Å². The van der Waals surface area contributed by atoms with Crippen LogP contribution >= 0.6 is 15.9 Å². The van der Waals surface area contributed by atoms with E-state index in [9.17, 15) is 0 Å². The molecule has 106 valence electrons. The van der Waals surface area contributed by atoms with Crippen LogP contribution in [-0.2, 0) is 6.42 Å². The number of ether oxygens (including phenoxy) is 1. The average molecular weight is 334 g/mol. The van der Waals surface area contributed by atoms with Gasteiger partial charge in [0, 0.05) is 10.5 Å². The van der Waals surface area contributed by atoms with Crippen LogP contribution in [0.1, 0.15) is 37.4 Å². The number of benzene rings is 2. The zero-order valence-corrected chi connectivity index (χ0v) is 13.5. The first-order valence-electron chi connectivity index (χ1n) is 6.92. The highest BCUT2D eigenvalue weighted by molar-refractivity contribution is 9.10. The zero-order valence-electron chi connectivity index (χ0n) is 11.9. The molecule has 0 radical (unpaired) electrons. The van der Waals surface area contributed by atoms with Crippen LogP contribution in [0.25, 0.3) is 0 Å². The summed E-state index contributed by atoms with van der Waals surface area (Å²) in [6.07, 6.45) is 2.26. The molecule has 0 aliphatic carbocycles. The van der Waals surface area contributed by atoms with Gasteiger partial charge in [0.05, 0.1) is 0 Å². The summed E-state index contributed by atoms with van der Waals surface area (Å²) >= 11 is 3.53. The van der Waals surface area contributed by atoms with Gasteiger partial charge >= 0.3 is 0 Å². The minimum Gasteiger partial charge on any atom is -0.457 e. The summed E-state index contributed by atoms with van der Waals surface area (Å²) in [6, 6.07) is 14.2. The molecule has 1 atom stereocenters. The van der Waals surface area contributed by atoms with Crippen molar-refractivity contribution < 1.29 is 4.74 Å². The molecule has 20 heavy (non-hydrogen) atoms. The Morgan fingerprint density at radius 2 is 1.75 bits per heavy atom. The summed E-state index contributed by atoms with van der Waals surface area (Å²) in [4.78, 5) is 0. The van der Waals surface area contributed by atoms with Gasteiger partial charge in [-0.15, -0.1) is 0 Å². The molecule has 0 saturated carbocycles. The minimum atomic E-state index is 0.00625. The van der Waals surface area contributed by atoms with Crippen LogP contribution in [0, 0.1) is 0 Å². The van der Waals surface area contributed by atoms with Gasteiger partial charge in [-0.2, -0.15) is 0 Å². The number of halogens is 1.